The standard InChI is InChI=1S/C22H34N6O2.HI/c1-5-23-20(25-12-9-13-26-21(29)30-22(2,3)4)27-16-19-24-14-15-28(19)17-18-10-7-6-8-11-18;/h6-8,10-11,14-15H,5,9,12-13,16-17H2,1-4H3,(H,26,29)(H2,23,25,27);1H. The summed E-state index contributed by atoms with van der Waals surface area (Å²) in [6, 6.07) is 10.3. The van der Waals surface area contributed by atoms with Crippen LogP contribution >= 0.6 is 24.0 Å². The number of amides is 1. The topological polar surface area (TPSA) is 92.6 Å². The fourth-order valence-electron chi connectivity index (χ4n) is 2.71. The van der Waals surface area contributed by atoms with Crippen LogP contribution in [0.3, 0.4) is 0 Å². The zero-order chi connectivity index (χ0) is 21.8. The maximum atomic E-state index is 11.7. The molecule has 0 radical (unpaired) electrons. The molecule has 0 unspecified atom stereocenters. The van der Waals surface area contributed by atoms with E-state index in [9.17, 15) is 4.79 Å². The summed E-state index contributed by atoms with van der Waals surface area (Å²) in [5.74, 6) is 1.63. The van der Waals surface area contributed by atoms with Crippen LogP contribution < -0.4 is 16.0 Å². The van der Waals surface area contributed by atoms with Crippen LogP contribution in [0.5, 0.6) is 0 Å². The van der Waals surface area contributed by atoms with Gasteiger partial charge >= 0.3 is 6.09 Å². The van der Waals surface area contributed by atoms with Crippen LogP contribution in [0.25, 0.3) is 0 Å². The van der Waals surface area contributed by atoms with Crippen molar-refractivity contribution < 1.29 is 9.53 Å². The number of carbonyl (C=O) groups excluding carboxylic acids is 1. The molecule has 9 heteroatoms. The quantitative estimate of drug-likeness (QED) is 0.195. The largest absolute Gasteiger partial charge is 0.444 e. The molecule has 2 aromatic rings. The minimum Gasteiger partial charge on any atom is -0.444 e. The number of hydrogen-bond donors (Lipinski definition) is 3. The van der Waals surface area contributed by atoms with E-state index in [4.69, 9.17) is 4.74 Å². The van der Waals surface area contributed by atoms with E-state index in [1.807, 2.05) is 52.1 Å². The Hall–Kier alpha value is -2.30. The number of guanidine groups is 1. The molecule has 0 aliphatic rings. The van der Waals surface area contributed by atoms with E-state index in [0.717, 1.165) is 31.3 Å². The zero-order valence-corrected chi connectivity index (χ0v) is 21.2. The Labute approximate surface area is 202 Å². The third kappa shape index (κ3) is 11.0. The Kier molecular flexibility index (Phi) is 12.0. The lowest BCUT2D eigenvalue weighted by atomic mass is 10.2. The molecule has 1 aromatic carbocycles. The lowest BCUT2D eigenvalue weighted by molar-refractivity contribution is 0.0527. The fraction of sp³-hybridized carbons (Fsp3) is 0.500. The maximum Gasteiger partial charge on any atom is 0.407 e. The number of carbonyl (C=O) groups is 1. The van der Waals surface area contributed by atoms with Gasteiger partial charge in [0.1, 0.15) is 18.0 Å². The van der Waals surface area contributed by atoms with Gasteiger partial charge in [-0.1, -0.05) is 30.3 Å². The van der Waals surface area contributed by atoms with Crippen molar-refractivity contribution in [3.05, 3.63) is 54.1 Å². The molecule has 1 amide bonds. The molecule has 172 valence electrons. The normalized spacial score (nSPS) is 11.4. The van der Waals surface area contributed by atoms with Crippen molar-refractivity contribution in [1.29, 1.82) is 0 Å². The van der Waals surface area contributed by atoms with Gasteiger partial charge in [0, 0.05) is 38.6 Å². The first-order chi connectivity index (χ1) is 14.4. The number of nitrogens with one attached hydrogen (secondary N) is 3. The summed E-state index contributed by atoms with van der Waals surface area (Å²) in [6.07, 6.45) is 4.14. The Morgan fingerprint density at radius 1 is 1.13 bits per heavy atom. The highest BCUT2D eigenvalue weighted by molar-refractivity contribution is 14.0. The van der Waals surface area contributed by atoms with Crippen molar-refractivity contribution in [3.63, 3.8) is 0 Å². The van der Waals surface area contributed by atoms with Crippen molar-refractivity contribution in [2.75, 3.05) is 19.6 Å². The molecule has 1 heterocycles. The molecule has 0 saturated heterocycles. The van der Waals surface area contributed by atoms with E-state index >= 15 is 0 Å². The van der Waals surface area contributed by atoms with Gasteiger partial charge in [-0.15, -0.1) is 24.0 Å². The number of alkyl carbamates (subject to hydrolysis) is 1. The van der Waals surface area contributed by atoms with Gasteiger partial charge in [0.05, 0.1) is 0 Å². The summed E-state index contributed by atoms with van der Waals surface area (Å²) in [6.45, 7) is 10.8. The summed E-state index contributed by atoms with van der Waals surface area (Å²) in [5, 5.41) is 9.27. The van der Waals surface area contributed by atoms with Crippen LogP contribution in [0.2, 0.25) is 0 Å². The van der Waals surface area contributed by atoms with Gasteiger partial charge in [-0.2, -0.15) is 0 Å². The Balaban J connectivity index is 0.00000480. The molecule has 0 spiro atoms. The summed E-state index contributed by atoms with van der Waals surface area (Å²) in [5.41, 5.74) is 0.739. The minimum atomic E-state index is -0.487. The number of aromatic nitrogens is 2. The molecule has 2 rings (SSSR count). The summed E-state index contributed by atoms with van der Waals surface area (Å²) in [7, 11) is 0. The molecular weight excluding hydrogens is 507 g/mol. The lowest BCUT2D eigenvalue weighted by Crippen LogP contribution is -2.39. The Bertz CT molecular complexity index is 802. The second-order valence-corrected chi connectivity index (χ2v) is 7.86. The smallest absolute Gasteiger partial charge is 0.407 e. The van der Waals surface area contributed by atoms with E-state index in [-0.39, 0.29) is 24.0 Å². The van der Waals surface area contributed by atoms with Gasteiger partial charge in [-0.05, 0) is 39.7 Å². The molecule has 0 saturated carbocycles. The number of halogens is 1. The molecule has 0 atom stereocenters. The Morgan fingerprint density at radius 3 is 2.52 bits per heavy atom. The third-order valence-corrected chi connectivity index (χ3v) is 4.03. The van der Waals surface area contributed by atoms with Gasteiger partial charge in [0.25, 0.3) is 0 Å². The number of rotatable bonds is 9. The van der Waals surface area contributed by atoms with Crippen molar-refractivity contribution in [2.45, 2.75) is 52.8 Å². The molecule has 0 aliphatic carbocycles. The van der Waals surface area contributed by atoms with E-state index in [1.165, 1.54) is 5.56 Å². The highest BCUT2D eigenvalue weighted by Crippen LogP contribution is 2.07. The number of aliphatic imine (C=N–C) groups is 1. The lowest BCUT2D eigenvalue weighted by Gasteiger charge is -2.19. The SMILES string of the molecule is CCNC(=NCc1nccn1Cc1ccccc1)NCCCNC(=O)OC(C)(C)C.I. The van der Waals surface area contributed by atoms with E-state index in [0.29, 0.717) is 19.6 Å². The highest BCUT2D eigenvalue weighted by Gasteiger charge is 2.15. The molecule has 1 aromatic heterocycles. The first-order valence-electron chi connectivity index (χ1n) is 10.4. The van der Waals surface area contributed by atoms with Crippen molar-refractivity contribution >= 4 is 36.0 Å². The average Bonchev–Trinajstić information content (AvgIpc) is 3.12. The summed E-state index contributed by atoms with van der Waals surface area (Å²) in [4.78, 5) is 20.7. The van der Waals surface area contributed by atoms with Crippen molar-refractivity contribution in [3.8, 4) is 0 Å². The molecule has 0 fully saturated rings. The first-order valence-corrected chi connectivity index (χ1v) is 10.4. The summed E-state index contributed by atoms with van der Waals surface area (Å²) >= 11 is 0. The second-order valence-electron chi connectivity index (χ2n) is 7.86. The average molecular weight is 542 g/mol. The Morgan fingerprint density at radius 2 is 1.84 bits per heavy atom. The van der Waals surface area contributed by atoms with E-state index < -0.39 is 11.7 Å². The molecule has 3 N–H and O–H groups in total. The maximum absolute atomic E-state index is 11.7. The van der Waals surface area contributed by atoms with Gasteiger partial charge < -0.3 is 25.3 Å². The van der Waals surface area contributed by atoms with Crippen LogP contribution in [-0.4, -0.2) is 46.8 Å². The van der Waals surface area contributed by atoms with Crippen LogP contribution in [0.1, 0.15) is 45.5 Å². The number of nitrogens with zero attached hydrogens (tertiary/aromatic N) is 3. The molecule has 0 aliphatic heterocycles. The van der Waals surface area contributed by atoms with Gasteiger partial charge in [-0.3, -0.25) is 0 Å². The summed E-state index contributed by atoms with van der Waals surface area (Å²) < 4.78 is 7.33. The van der Waals surface area contributed by atoms with Gasteiger partial charge in [0.15, 0.2) is 5.96 Å². The molecule has 8 nitrogen and oxygen atoms in total. The van der Waals surface area contributed by atoms with Crippen LogP contribution in [0, 0.1) is 0 Å². The van der Waals surface area contributed by atoms with Crippen LogP contribution in [0.4, 0.5) is 4.79 Å². The minimum absolute atomic E-state index is 0. The fourth-order valence-corrected chi connectivity index (χ4v) is 2.71. The van der Waals surface area contributed by atoms with Crippen molar-refractivity contribution in [1.82, 2.24) is 25.5 Å². The predicted molar refractivity (Wildman–Crippen MR) is 135 cm³/mol. The first kappa shape index (κ1) is 26.7. The zero-order valence-electron chi connectivity index (χ0n) is 18.9. The van der Waals surface area contributed by atoms with Gasteiger partial charge in [-0.25, -0.2) is 14.8 Å². The number of hydrogen-bond acceptors (Lipinski definition) is 4. The van der Waals surface area contributed by atoms with E-state index in [2.05, 4.69) is 42.6 Å². The number of imidazole rings is 1. The monoisotopic (exact) mass is 542 g/mol. The highest BCUT2D eigenvalue weighted by atomic mass is 127. The van der Waals surface area contributed by atoms with Gasteiger partial charge in [0.2, 0.25) is 0 Å². The molecule has 31 heavy (non-hydrogen) atoms. The predicted octanol–water partition coefficient (Wildman–Crippen LogP) is 3.52. The second kappa shape index (κ2) is 13.9. The van der Waals surface area contributed by atoms with E-state index in [1.54, 1.807) is 6.20 Å². The third-order valence-electron chi connectivity index (χ3n) is 4.03. The number of ether oxygens (including phenoxy) is 1. The molecule has 0 bridgehead atoms. The van der Waals surface area contributed by atoms with Crippen molar-refractivity contribution in [2.24, 2.45) is 4.99 Å². The van der Waals surface area contributed by atoms with Crippen LogP contribution in [0.15, 0.2) is 47.7 Å². The van der Waals surface area contributed by atoms with Crippen LogP contribution in [-0.2, 0) is 17.8 Å². The molecular formula is C22H35IN6O2. The number of benzene rings is 1.